The predicted octanol–water partition coefficient (Wildman–Crippen LogP) is 2.11. The number of pyridine rings is 1. The summed E-state index contributed by atoms with van der Waals surface area (Å²) in [5.74, 6) is 0.0767. The quantitative estimate of drug-likeness (QED) is 0.874. The number of aromatic nitrogens is 2. The van der Waals surface area contributed by atoms with Gasteiger partial charge >= 0.3 is 0 Å². The fourth-order valence-electron chi connectivity index (χ4n) is 1.86. The average molecular weight is 243 g/mol. The number of rotatable bonds is 5. The highest BCUT2D eigenvalue weighted by molar-refractivity contribution is 5.94. The van der Waals surface area contributed by atoms with Crippen molar-refractivity contribution in [2.75, 3.05) is 13.1 Å². The number of amides is 1. The van der Waals surface area contributed by atoms with Gasteiger partial charge in [0.05, 0.1) is 5.56 Å². The molecule has 94 valence electrons. The molecule has 0 aliphatic carbocycles. The summed E-state index contributed by atoms with van der Waals surface area (Å²) in [6.45, 7) is 3.44. The Morgan fingerprint density at radius 2 is 2.11 bits per heavy atom. The highest BCUT2D eigenvalue weighted by Gasteiger charge is 2.13. The zero-order valence-electron chi connectivity index (χ0n) is 10.5. The Bertz CT molecular complexity index is 479. The van der Waals surface area contributed by atoms with Crippen LogP contribution in [0.15, 0.2) is 43.0 Å². The zero-order chi connectivity index (χ0) is 12.8. The summed E-state index contributed by atoms with van der Waals surface area (Å²) in [6.07, 6.45) is 7.91. The van der Waals surface area contributed by atoms with Crippen molar-refractivity contribution in [2.45, 2.75) is 13.3 Å². The lowest BCUT2D eigenvalue weighted by Crippen LogP contribution is -2.32. The Labute approximate surface area is 107 Å². The maximum absolute atomic E-state index is 12.2. The molecule has 0 bridgehead atoms. The van der Waals surface area contributed by atoms with E-state index < -0.39 is 0 Å². The van der Waals surface area contributed by atoms with E-state index in [1.54, 1.807) is 30.9 Å². The van der Waals surface area contributed by atoms with Crippen LogP contribution in [0.3, 0.4) is 0 Å². The first-order valence-corrected chi connectivity index (χ1v) is 6.12. The molecular formula is C14H17N3O. The SMILES string of the molecule is CCN(CCc1ccncc1)C(=O)c1cc[nH]c1. The van der Waals surface area contributed by atoms with Gasteiger partial charge in [-0.15, -0.1) is 0 Å². The Morgan fingerprint density at radius 1 is 1.33 bits per heavy atom. The number of H-pyrrole nitrogens is 1. The normalized spacial score (nSPS) is 10.3. The van der Waals surface area contributed by atoms with Crippen molar-refractivity contribution in [2.24, 2.45) is 0 Å². The lowest BCUT2D eigenvalue weighted by Gasteiger charge is -2.20. The van der Waals surface area contributed by atoms with Crippen LogP contribution >= 0.6 is 0 Å². The van der Waals surface area contributed by atoms with E-state index in [0.717, 1.165) is 19.5 Å². The molecule has 0 aliphatic heterocycles. The maximum Gasteiger partial charge on any atom is 0.255 e. The number of nitrogens with zero attached hydrogens (tertiary/aromatic N) is 2. The number of hydrogen-bond donors (Lipinski definition) is 1. The fourth-order valence-corrected chi connectivity index (χ4v) is 1.86. The molecule has 18 heavy (non-hydrogen) atoms. The molecule has 0 spiro atoms. The number of aromatic amines is 1. The molecule has 4 nitrogen and oxygen atoms in total. The van der Waals surface area contributed by atoms with Crippen molar-refractivity contribution in [3.8, 4) is 0 Å². The summed E-state index contributed by atoms with van der Waals surface area (Å²) in [4.78, 5) is 20.9. The van der Waals surface area contributed by atoms with Gasteiger partial charge in [0.15, 0.2) is 0 Å². The first-order valence-electron chi connectivity index (χ1n) is 6.12. The molecular weight excluding hydrogens is 226 g/mol. The van der Waals surface area contributed by atoms with Crippen LogP contribution in [0.1, 0.15) is 22.8 Å². The highest BCUT2D eigenvalue weighted by atomic mass is 16.2. The van der Waals surface area contributed by atoms with E-state index in [1.807, 2.05) is 24.0 Å². The molecule has 0 atom stereocenters. The molecule has 0 unspecified atom stereocenters. The number of nitrogens with one attached hydrogen (secondary N) is 1. The second-order valence-corrected chi connectivity index (χ2v) is 4.09. The molecule has 0 saturated carbocycles. The lowest BCUT2D eigenvalue weighted by atomic mass is 10.2. The van der Waals surface area contributed by atoms with Gasteiger partial charge < -0.3 is 9.88 Å². The monoisotopic (exact) mass is 243 g/mol. The van der Waals surface area contributed by atoms with Gasteiger partial charge in [0, 0.05) is 37.9 Å². The number of carbonyl (C=O) groups excluding carboxylic acids is 1. The van der Waals surface area contributed by atoms with Crippen LogP contribution in [0, 0.1) is 0 Å². The first-order chi connectivity index (χ1) is 8.81. The molecule has 1 amide bonds. The van der Waals surface area contributed by atoms with E-state index in [2.05, 4.69) is 9.97 Å². The van der Waals surface area contributed by atoms with Gasteiger partial charge in [-0.05, 0) is 37.1 Å². The van der Waals surface area contributed by atoms with Gasteiger partial charge in [-0.3, -0.25) is 9.78 Å². The van der Waals surface area contributed by atoms with Crippen LogP contribution in [0.25, 0.3) is 0 Å². The van der Waals surface area contributed by atoms with Crippen molar-refractivity contribution < 1.29 is 4.79 Å². The summed E-state index contributed by atoms with van der Waals surface area (Å²) >= 11 is 0. The smallest absolute Gasteiger partial charge is 0.255 e. The van der Waals surface area contributed by atoms with E-state index >= 15 is 0 Å². The Balaban J connectivity index is 1.96. The number of likely N-dealkylation sites (N-methyl/N-ethyl adjacent to an activating group) is 1. The molecule has 4 heteroatoms. The van der Waals surface area contributed by atoms with E-state index in [4.69, 9.17) is 0 Å². The van der Waals surface area contributed by atoms with Gasteiger partial charge in [0.25, 0.3) is 5.91 Å². The fraction of sp³-hybridized carbons (Fsp3) is 0.286. The third-order valence-electron chi connectivity index (χ3n) is 2.93. The van der Waals surface area contributed by atoms with E-state index in [-0.39, 0.29) is 5.91 Å². The molecule has 2 aromatic heterocycles. The molecule has 2 aromatic rings. The van der Waals surface area contributed by atoms with Crippen LogP contribution < -0.4 is 0 Å². The largest absolute Gasteiger partial charge is 0.367 e. The Kier molecular flexibility index (Phi) is 4.12. The van der Waals surface area contributed by atoms with Crippen LogP contribution in [-0.4, -0.2) is 33.9 Å². The minimum Gasteiger partial charge on any atom is -0.367 e. The summed E-state index contributed by atoms with van der Waals surface area (Å²) in [5.41, 5.74) is 1.91. The van der Waals surface area contributed by atoms with Crippen molar-refractivity contribution in [1.82, 2.24) is 14.9 Å². The molecule has 1 N–H and O–H groups in total. The maximum atomic E-state index is 12.2. The molecule has 0 fully saturated rings. The second-order valence-electron chi connectivity index (χ2n) is 4.09. The standard InChI is InChI=1S/C14H17N3O/c1-2-17(14(18)13-5-9-16-11-13)10-6-12-3-7-15-8-4-12/h3-5,7-9,11,16H,2,6,10H2,1H3. The van der Waals surface area contributed by atoms with Gasteiger partial charge in [0.2, 0.25) is 0 Å². The van der Waals surface area contributed by atoms with Gasteiger partial charge in [-0.25, -0.2) is 0 Å². The predicted molar refractivity (Wildman–Crippen MR) is 70.3 cm³/mol. The van der Waals surface area contributed by atoms with Crippen LogP contribution in [0.2, 0.25) is 0 Å². The summed E-state index contributed by atoms with van der Waals surface area (Å²) in [6, 6.07) is 5.76. The molecule has 0 saturated heterocycles. The number of carbonyl (C=O) groups is 1. The van der Waals surface area contributed by atoms with E-state index in [1.165, 1.54) is 5.56 Å². The third kappa shape index (κ3) is 2.97. The van der Waals surface area contributed by atoms with Gasteiger partial charge in [-0.2, -0.15) is 0 Å². The van der Waals surface area contributed by atoms with Crippen molar-refractivity contribution in [3.05, 3.63) is 54.1 Å². The topological polar surface area (TPSA) is 49.0 Å². The van der Waals surface area contributed by atoms with Crippen molar-refractivity contribution in [1.29, 1.82) is 0 Å². The van der Waals surface area contributed by atoms with E-state index in [9.17, 15) is 4.79 Å². The minimum atomic E-state index is 0.0767. The van der Waals surface area contributed by atoms with Crippen LogP contribution in [0.4, 0.5) is 0 Å². The minimum absolute atomic E-state index is 0.0767. The summed E-state index contributed by atoms with van der Waals surface area (Å²) < 4.78 is 0. The van der Waals surface area contributed by atoms with Crippen LogP contribution in [-0.2, 0) is 6.42 Å². The Hall–Kier alpha value is -2.10. The highest BCUT2D eigenvalue weighted by Crippen LogP contribution is 2.06. The Morgan fingerprint density at radius 3 is 2.72 bits per heavy atom. The molecule has 2 heterocycles. The van der Waals surface area contributed by atoms with Gasteiger partial charge in [-0.1, -0.05) is 0 Å². The lowest BCUT2D eigenvalue weighted by molar-refractivity contribution is 0.0766. The van der Waals surface area contributed by atoms with E-state index in [0.29, 0.717) is 5.56 Å². The zero-order valence-corrected chi connectivity index (χ0v) is 10.5. The molecule has 0 aromatic carbocycles. The van der Waals surface area contributed by atoms with Crippen molar-refractivity contribution >= 4 is 5.91 Å². The van der Waals surface area contributed by atoms with Crippen LogP contribution in [0.5, 0.6) is 0 Å². The molecule has 0 aliphatic rings. The second kappa shape index (κ2) is 6.00. The summed E-state index contributed by atoms with van der Waals surface area (Å²) in [7, 11) is 0. The first kappa shape index (κ1) is 12.4. The summed E-state index contributed by atoms with van der Waals surface area (Å²) in [5, 5.41) is 0. The molecule has 2 rings (SSSR count). The van der Waals surface area contributed by atoms with Crippen molar-refractivity contribution in [3.63, 3.8) is 0 Å². The number of hydrogen-bond acceptors (Lipinski definition) is 2. The average Bonchev–Trinajstić information content (AvgIpc) is 2.94. The molecule has 0 radical (unpaired) electrons. The third-order valence-corrected chi connectivity index (χ3v) is 2.93. The van der Waals surface area contributed by atoms with Gasteiger partial charge in [0.1, 0.15) is 0 Å².